The van der Waals surface area contributed by atoms with Crippen molar-refractivity contribution in [3.05, 3.63) is 83.3 Å². The molecule has 0 unspecified atom stereocenters. The number of ether oxygens (including phenoxy) is 1. The van der Waals surface area contributed by atoms with Gasteiger partial charge in [0.2, 0.25) is 0 Å². The fourth-order valence-corrected chi connectivity index (χ4v) is 2.47. The highest BCUT2D eigenvalue weighted by Crippen LogP contribution is 2.16. The number of amides is 3. The number of benzene rings is 2. The molecule has 0 saturated carbocycles. The van der Waals surface area contributed by atoms with E-state index >= 15 is 0 Å². The van der Waals surface area contributed by atoms with E-state index in [0.717, 1.165) is 16.2 Å². The maximum Gasteiger partial charge on any atom is 0.329 e. The first-order chi connectivity index (χ1) is 12.6. The minimum Gasteiger partial charge on any atom is -0.497 e. The molecule has 0 radical (unpaired) electrons. The quantitative estimate of drug-likeness (QED) is 0.662. The molecule has 26 heavy (non-hydrogen) atoms. The number of rotatable bonds is 5. The predicted octanol–water partition coefficient (Wildman–Crippen LogP) is 3.48. The third-order valence-electron chi connectivity index (χ3n) is 3.88. The van der Waals surface area contributed by atoms with Gasteiger partial charge in [-0.2, -0.15) is 0 Å². The average Bonchev–Trinajstić information content (AvgIpc) is 2.92. The van der Waals surface area contributed by atoms with E-state index in [9.17, 15) is 14.0 Å². The van der Waals surface area contributed by atoms with Gasteiger partial charge in [-0.05, 0) is 41.5 Å². The van der Waals surface area contributed by atoms with Crippen LogP contribution in [-0.2, 0) is 11.3 Å². The molecule has 3 rings (SSSR count). The van der Waals surface area contributed by atoms with Crippen LogP contribution in [0, 0.1) is 5.82 Å². The summed E-state index contributed by atoms with van der Waals surface area (Å²) >= 11 is 0. The number of allylic oxidation sites excluding steroid dienone is 2. The molecule has 1 aliphatic rings. The summed E-state index contributed by atoms with van der Waals surface area (Å²) in [5.74, 6) is -0.0240. The molecule has 1 fully saturated rings. The maximum absolute atomic E-state index is 13.0. The van der Waals surface area contributed by atoms with Crippen LogP contribution < -0.4 is 10.1 Å². The molecule has 0 aliphatic carbocycles. The lowest BCUT2D eigenvalue weighted by Gasteiger charge is -2.11. The van der Waals surface area contributed by atoms with E-state index in [2.05, 4.69) is 5.32 Å². The first-order valence-electron chi connectivity index (χ1n) is 7.96. The smallest absolute Gasteiger partial charge is 0.329 e. The van der Waals surface area contributed by atoms with Crippen LogP contribution in [0.1, 0.15) is 11.1 Å². The highest BCUT2D eigenvalue weighted by atomic mass is 19.1. The van der Waals surface area contributed by atoms with Crippen molar-refractivity contribution < 1.29 is 18.7 Å². The van der Waals surface area contributed by atoms with Gasteiger partial charge < -0.3 is 10.1 Å². The number of imide groups is 1. The summed E-state index contributed by atoms with van der Waals surface area (Å²) in [6.45, 7) is 0.0878. The van der Waals surface area contributed by atoms with E-state index in [1.807, 2.05) is 30.3 Å². The van der Waals surface area contributed by atoms with Crippen molar-refractivity contribution in [2.45, 2.75) is 6.54 Å². The second-order valence-electron chi connectivity index (χ2n) is 5.66. The fourth-order valence-electron chi connectivity index (χ4n) is 2.47. The topological polar surface area (TPSA) is 58.6 Å². The molecule has 2 aromatic rings. The van der Waals surface area contributed by atoms with Gasteiger partial charge >= 0.3 is 6.03 Å². The van der Waals surface area contributed by atoms with E-state index < -0.39 is 11.9 Å². The number of hydrogen-bond donors (Lipinski definition) is 1. The minimum absolute atomic E-state index is 0.0878. The summed E-state index contributed by atoms with van der Waals surface area (Å²) in [7, 11) is 1.60. The molecule has 1 saturated heterocycles. The van der Waals surface area contributed by atoms with Gasteiger partial charge in [0.05, 0.1) is 13.7 Å². The monoisotopic (exact) mass is 352 g/mol. The van der Waals surface area contributed by atoms with E-state index in [1.54, 1.807) is 31.4 Å². The van der Waals surface area contributed by atoms with Crippen LogP contribution in [-0.4, -0.2) is 23.9 Å². The second-order valence-corrected chi connectivity index (χ2v) is 5.66. The third-order valence-corrected chi connectivity index (χ3v) is 3.88. The lowest BCUT2D eigenvalue weighted by Crippen LogP contribution is -2.30. The summed E-state index contributed by atoms with van der Waals surface area (Å²) in [6.07, 6.45) is 5.06. The van der Waals surface area contributed by atoms with Crippen LogP contribution in [0.2, 0.25) is 0 Å². The summed E-state index contributed by atoms with van der Waals surface area (Å²) < 4.78 is 18.0. The Labute approximate surface area is 150 Å². The first-order valence-corrected chi connectivity index (χ1v) is 7.96. The minimum atomic E-state index is -0.497. The number of nitrogens with zero attached hydrogens (tertiary/aromatic N) is 1. The van der Waals surface area contributed by atoms with E-state index in [4.69, 9.17) is 4.74 Å². The van der Waals surface area contributed by atoms with Crippen molar-refractivity contribution in [2.75, 3.05) is 7.11 Å². The van der Waals surface area contributed by atoms with Gasteiger partial charge in [0.15, 0.2) is 0 Å². The molecule has 6 heteroatoms. The van der Waals surface area contributed by atoms with Crippen molar-refractivity contribution in [1.82, 2.24) is 10.2 Å². The van der Waals surface area contributed by atoms with E-state index in [-0.39, 0.29) is 18.1 Å². The summed E-state index contributed by atoms with van der Waals surface area (Å²) in [6, 6.07) is 12.6. The van der Waals surface area contributed by atoms with E-state index in [0.29, 0.717) is 5.56 Å². The second kappa shape index (κ2) is 7.65. The number of methoxy groups -OCH3 is 1. The molecule has 5 nitrogen and oxygen atoms in total. The fraction of sp³-hybridized carbons (Fsp3) is 0.100. The van der Waals surface area contributed by atoms with Crippen LogP contribution in [0.3, 0.4) is 0 Å². The Kier molecular flexibility index (Phi) is 5.12. The highest BCUT2D eigenvalue weighted by molar-refractivity contribution is 6.11. The molecule has 1 heterocycles. The van der Waals surface area contributed by atoms with Crippen LogP contribution in [0.25, 0.3) is 6.08 Å². The third kappa shape index (κ3) is 3.97. The Morgan fingerprint density at radius 1 is 1.08 bits per heavy atom. The van der Waals surface area contributed by atoms with Gasteiger partial charge in [-0.1, -0.05) is 36.4 Å². The van der Waals surface area contributed by atoms with Crippen LogP contribution in [0.15, 0.2) is 66.4 Å². The van der Waals surface area contributed by atoms with Gasteiger partial charge in [-0.15, -0.1) is 0 Å². The van der Waals surface area contributed by atoms with Gasteiger partial charge in [-0.3, -0.25) is 9.69 Å². The van der Waals surface area contributed by atoms with Gasteiger partial charge in [0, 0.05) is 0 Å². The van der Waals surface area contributed by atoms with Gasteiger partial charge in [-0.25, -0.2) is 9.18 Å². The van der Waals surface area contributed by atoms with Crippen molar-refractivity contribution in [1.29, 1.82) is 0 Å². The summed E-state index contributed by atoms with van der Waals surface area (Å²) in [5.41, 5.74) is 1.80. The number of carbonyl (C=O) groups excluding carboxylic acids is 2. The lowest BCUT2D eigenvalue weighted by molar-refractivity contribution is -0.123. The van der Waals surface area contributed by atoms with Crippen LogP contribution in [0.5, 0.6) is 5.75 Å². The molecule has 132 valence electrons. The Balaban J connectivity index is 1.68. The summed E-state index contributed by atoms with van der Waals surface area (Å²) in [5, 5.41) is 2.54. The zero-order valence-electron chi connectivity index (χ0n) is 14.1. The highest BCUT2D eigenvalue weighted by Gasteiger charge is 2.33. The average molecular weight is 352 g/mol. The zero-order valence-corrected chi connectivity index (χ0v) is 14.1. The lowest BCUT2D eigenvalue weighted by atomic mass is 10.2. The molecule has 0 bridgehead atoms. The number of nitrogens with one attached hydrogen (secondary N) is 1. The molecular formula is C20H17FN2O3. The normalized spacial score (nSPS) is 15.8. The number of urea groups is 1. The number of hydrogen-bond acceptors (Lipinski definition) is 3. The molecule has 0 atom stereocenters. The predicted molar refractivity (Wildman–Crippen MR) is 95.6 cm³/mol. The van der Waals surface area contributed by atoms with Crippen molar-refractivity contribution >= 4 is 18.0 Å². The molecule has 1 N–H and O–H groups in total. The van der Waals surface area contributed by atoms with Gasteiger partial charge in [0.25, 0.3) is 5.91 Å². The van der Waals surface area contributed by atoms with Crippen molar-refractivity contribution in [2.24, 2.45) is 0 Å². The Morgan fingerprint density at radius 3 is 2.42 bits per heavy atom. The molecule has 0 aromatic heterocycles. The van der Waals surface area contributed by atoms with Crippen molar-refractivity contribution in [3.8, 4) is 5.75 Å². The molecular weight excluding hydrogens is 335 g/mol. The first kappa shape index (κ1) is 17.4. The SMILES string of the molecule is COc1ccc(/C=C/C=C2/NC(=O)N(Cc3ccc(F)cc3)C2=O)cc1. The zero-order chi connectivity index (χ0) is 18.5. The Bertz CT molecular complexity index is 871. The molecule has 0 spiro atoms. The maximum atomic E-state index is 13.0. The molecule has 2 aromatic carbocycles. The number of carbonyl (C=O) groups is 2. The van der Waals surface area contributed by atoms with E-state index in [1.165, 1.54) is 12.1 Å². The Hall–Kier alpha value is -3.41. The molecule has 1 aliphatic heterocycles. The summed E-state index contributed by atoms with van der Waals surface area (Å²) in [4.78, 5) is 25.5. The van der Waals surface area contributed by atoms with Crippen molar-refractivity contribution in [3.63, 3.8) is 0 Å². The largest absolute Gasteiger partial charge is 0.497 e. The Morgan fingerprint density at radius 2 is 1.77 bits per heavy atom. The number of halogens is 1. The van der Waals surface area contributed by atoms with Crippen LogP contribution >= 0.6 is 0 Å². The van der Waals surface area contributed by atoms with Gasteiger partial charge in [0.1, 0.15) is 17.3 Å². The standard InChI is InChI=1S/C20H17FN2O3/c1-26-17-11-7-14(8-12-17)3-2-4-18-19(24)23(20(25)22-18)13-15-5-9-16(21)10-6-15/h2-12H,13H2,1H3,(H,22,25)/b3-2+,18-4+. The molecule has 3 amide bonds. The van der Waals surface area contributed by atoms with Crippen LogP contribution in [0.4, 0.5) is 9.18 Å².